The average Bonchev–Trinajstić information content (AvgIpc) is 2.83. The van der Waals surface area contributed by atoms with Gasteiger partial charge < -0.3 is 20.3 Å². The summed E-state index contributed by atoms with van der Waals surface area (Å²) in [6, 6.07) is 15.5. The van der Waals surface area contributed by atoms with Crippen LogP contribution >= 0.6 is 0 Å². The maximum Gasteiger partial charge on any atom is 0.253 e. The van der Waals surface area contributed by atoms with Gasteiger partial charge in [0.05, 0.1) is 11.5 Å². The van der Waals surface area contributed by atoms with E-state index >= 15 is 0 Å². The second kappa shape index (κ2) is 12.2. The van der Waals surface area contributed by atoms with E-state index < -0.39 is 0 Å². The summed E-state index contributed by atoms with van der Waals surface area (Å²) >= 11 is 0. The van der Waals surface area contributed by atoms with Gasteiger partial charge in [-0.1, -0.05) is 37.3 Å². The number of ether oxygens (including phenoxy) is 1. The third-order valence-electron chi connectivity index (χ3n) is 5.94. The molecule has 1 aliphatic heterocycles. The highest BCUT2D eigenvalue weighted by molar-refractivity contribution is 6.02. The normalized spacial score (nSPS) is 14.6. The van der Waals surface area contributed by atoms with Gasteiger partial charge in [-0.05, 0) is 55.9 Å². The Kier molecular flexibility index (Phi) is 9.11. The number of carbonyl (C=O) groups is 2. The van der Waals surface area contributed by atoms with Crippen molar-refractivity contribution in [2.45, 2.75) is 44.9 Å². The number of hydrogen-bond acceptors (Lipinski definition) is 4. The van der Waals surface area contributed by atoms with Crippen molar-refractivity contribution in [3.05, 3.63) is 59.7 Å². The number of nitrogens with one attached hydrogen (secondary N) is 2. The van der Waals surface area contributed by atoms with E-state index in [1.165, 1.54) is 6.42 Å². The minimum Gasteiger partial charge on any atom is -0.385 e. The van der Waals surface area contributed by atoms with Gasteiger partial charge in [0.1, 0.15) is 0 Å². The van der Waals surface area contributed by atoms with Crippen LogP contribution in [0.4, 0.5) is 11.4 Å². The summed E-state index contributed by atoms with van der Waals surface area (Å²) in [5.74, 6) is -0.409. The van der Waals surface area contributed by atoms with Crippen LogP contribution in [0.25, 0.3) is 0 Å². The summed E-state index contributed by atoms with van der Waals surface area (Å²) in [6.45, 7) is 5.06. The van der Waals surface area contributed by atoms with Crippen molar-refractivity contribution in [3.63, 3.8) is 0 Å². The van der Waals surface area contributed by atoms with E-state index in [2.05, 4.69) is 15.5 Å². The molecule has 3 rings (SSSR count). The minimum atomic E-state index is -0.232. The van der Waals surface area contributed by atoms with Crippen molar-refractivity contribution >= 4 is 23.2 Å². The van der Waals surface area contributed by atoms with Gasteiger partial charge in [0, 0.05) is 44.7 Å². The quantitative estimate of drug-likeness (QED) is 0.534. The highest BCUT2D eigenvalue weighted by Crippen LogP contribution is 2.28. The van der Waals surface area contributed by atoms with Gasteiger partial charge in [-0.3, -0.25) is 9.59 Å². The Balaban J connectivity index is 1.80. The molecule has 0 spiro atoms. The number of hydrogen-bond donors (Lipinski definition) is 2. The lowest BCUT2D eigenvalue weighted by Crippen LogP contribution is -2.33. The first-order valence-corrected chi connectivity index (χ1v) is 11.7. The van der Waals surface area contributed by atoms with Crippen LogP contribution in [0.1, 0.15) is 60.9 Å². The Morgan fingerprint density at radius 3 is 2.50 bits per heavy atom. The number of piperidine rings is 1. The van der Waals surface area contributed by atoms with Gasteiger partial charge in [0.15, 0.2) is 0 Å². The number of rotatable bonds is 10. The van der Waals surface area contributed by atoms with Crippen molar-refractivity contribution in [1.29, 1.82) is 0 Å². The van der Waals surface area contributed by atoms with Crippen molar-refractivity contribution in [3.8, 4) is 0 Å². The standard InChI is InChI=1S/C26H35N3O3/c1-3-22(20-11-6-4-7-12-20)26(31)28-21-13-14-24(29-16-8-5-9-17-29)23(19-21)25(30)27-15-10-18-32-2/h4,6-7,11-14,19,22H,3,5,8-10,15-18H2,1-2H3,(H,27,30)(H,28,31). The first kappa shape index (κ1) is 23.8. The molecule has 0 radical (unpaired) electrons. The van der Waals surface area contributed by atoms with Gasteiger partial charge in [-0.2, -0.15) is 0 Å². The summed E-state index contributed by atoms with van der Waals surface area (Å²) in [5.41, 5.74) is 3.18. The largest absolute Gasteiger partial charge is 0.385 e. The van der Waals surface area contributed by atoms with Gasteiger partial charge in [-0.25, -0.2) is 0 Å². The van der Waals surface area contributed by atoms with E-state index in [9.17, 15) is 9.59 Å². The first-order chi connectivity index (χ1) is 15.6. The lowest BCUT2D eigenvalue weighted by Gasteiger charge is -2.30. The summed E-state index contributed by atoms with van der Waals surface area (Å²) < 4.78 is 5.07. The highest BCUT2D eigenvalue weighted by Gasteiger charge is 2.22. The highest BCUT2D eigenvalue weighted by atomic mass is 16.5. The Bertz CT molecular complexity index is 879. The maximum absolute atomic E-state index is 13.0. The predicted octanol–water partition coefficient (Wildman–Crippen LogP) is 4.58. The predicted molar refractivity (Wildman–Crippen MR) is 129 cm³/mol. The summed E-state index contributed by atoms with van der Waals surface area (Å²) in [7, 11) is 1.65. The second-order valence-electron chi connectivity index (χ2n) is 8.24. The number of benzene rings is 2. The molecule has 172 valence electrons. The van der Waals surface area contributed by atoms with E-state index in [0.717, 1.165) is 43.6 Å². The Hall–Kier alpha value is -2.86. The second-order valence-corrected chi connectivity index (χ2v) is 8.24. The molecule has 6 heteroatoms. The number of carbonyl (C=O) groups excluding carboxylic acids is 2. The molecule has 1 atom stereocenters. The summed E-state index contributed by atoms with van der Waals surface area (Å²) in [5, 5.41) is 6.03. The van der Waals surface area contributed by atoms with Crippen LogP contribution in [0.15, 0.2) is 48.5 Å². The van der Waals surface area contributed by atoms with Crippen LogP contribution in [-0.2, 0) is 9.53 Å². The van der Waals surface area contributed by atoms with Crippen LogP contribution in [0.2, 0.25) is 0 Å². The topological polar surface area (TPSA) is 70.7 Å². The van der Waals surface area contributed by atoms with Crippen molar-refractivity contribution < 1.29 is 14.3 Å². The third-order valence-corrected chi connectivity index (χ3v) is 5.94. The Labute approximate surface area is 191 Å². The van der Waals surface area contributed by atoms with Gasteiger partial charge in [0.25, 0.3) is 5.91 Å². The molecule has 0 aliphatic carbocycles. The lowest BCUT2D eigenvalue weighted by molar-refractivity contribution is -0.117. The fourth-order valence-corrected chi connectivity index (χ4v) is 4.21. The Morgan fingerprint density at radius 2 is 1.81 bits per heavy atom. The molecule has 0 bridgehead atoms. The third kappa shape index (κ3) is 6.33. The number of amides is 2. The SMILES string of the molecule is CCC(C(=O)Nc1ccc(N2CCCCC2)c(C(=O)NCCCOC)c1)c1ccccc1. The summed E-state index contributed by atoms with van der Waals surface area (Å²) in [6.07, 6.45) is 4.94. The first-order valence-electron chi connectivity index (χ1n) is 11.7. The van der Waals surface area contributed by atoms with Crippen LogP contribution in [0.5, 0.6) is 0 Å². The molecular formula is C26H35N3O3. The molecule has 1 saturated heterocycles. The molecule has 2 aromatic rings. The monoisotopic (exact) mass is 437 g/mol. The zero-order valence-electron chi connectivity index (χ0n) is 19.2. The van der Waals surface area contributed by atoms with E-state index in [0.29, 0.717) is 30.8 Å². The molecule has 6 nitrogen and oxygen atoms in total. The van der Waals surface area contributed by atoms with E-state index in [-0.39, 0.29) is 17.7 Å². The fourth-order valence-electron chi connectivity index (χ4n) is 4.21. The zero-order valence-corrected chi connectivity index (χ0v) is 19.2. The average molecular weight is 438 g/mol. The molecule has 1 aliphatic rings. The number of methoxy groups -OCH3 is 1. The van der Waals surface area contributed by atoms with E-state index in [1.54, 1.807) is 7.11 Å². The Morgan fingerprint density at radius 1 is 1.06 bits per heavy atom. The maximum atomic E-state index is 13.0. The number of anilines is 2. The molecule has 2 aromatic carbocycles. The van der Waals surface area contributed by atoms with Crippen molar-refractivity contribution in [2.24, 2.45) is 0 Å². The summed E-state index contributed by atoms with van der Waals surface area (Å²) in [4.78, 5) is 28.3. The molecule has 1 heterocycles. The van der Waals surface area contributed by atoms with Crippen LogP contribution in [0.3, 0.4) is 0 Å². The zero-order chi connectivity index (χ0) is 22.8. The van der Waals surface area contributed by atoms with Gasteiger partial charge in [0.2, 0.25) is 5.91 Å². The molecule has 2 amide bonds. The van der Waals surface area contributed by atoms with Crippen LogP contribution < -0.4 is 15.5 Å². The van der Waals surface area contributed by atoms with Crippen molar-refractivity contribution in [2.75, 3.05) is 43.6 Å². The van der Waals surface area contributed by atoms with E-state index in [1.807, 2.05) is 55.5 Å². The molecule has 32 heavy (non-hydrogen) atoms. The van der Waals surface area contributed by atoms with Gasteiger partial charge >= 0.3 is 0 Å². The van der Waals surface area contributed by atoms with Gasteiger partial charge in [-0.15, -0.1) is 0 Å². The number of nitrogens with zero attached hydrogens (tertiary/aromatic N) is 1. The van der Waals surface area contributed by atoms with Crippen molar-refractivity contribution in [1.82, 2.24) is 5.32 Å². The fraction of sp³-hybridized carbons (Fsp3) is 0.462. The smallest absolute Gasteiger partial charge is 0.253 e. The molecule has 0 saturated carbocycles. The molecule has 1 unspecified atom stereocenters. The molecule has 2 N–H and O–H groups in total. The lowest BCUT2D eigenvalue weighted by atomic mass is 9.95. The van der Waals surface area contributed by atoms with Crippen LogP contribution in [0, 0.1) is 0 Å². The van der Waals surface area contributed by atoms with E-state index in [4.69, 9.17) is 4.74 Å². The molecular weight excluding hydrogens is 402 g/mol. The molecule has 1 fully saturated rings. The minimum absolute atomic E-state index is 0.0594. The van der Waals surface area contributed by atoms with Crippen LogP contribution in [-0.4, -0.2) is 45.2 Å². The molecule has 0 aromatic heterocycles.